The molecule has 0 N–H and O–H groups in total. The van der Waals surface area contributed by atoms with Gasteiger partial charge < -0.3 is 9.47 Å². The highest BCUT2D eigenvalue weighted by atomic mass is 16.7. The summed E-state index contributed by atoms with van der Waals surface area (Å²) >= 11 is 0. The van der Waals surface area contributed by atoms with E-state index < -0.39 is 0 Å². The lowest BCUT2D eigenvalue weighted by atomic mass is 9.67. The van der Waals surface area contributed by atoms with Crippen molar-refractivity contribution in [3.63, 3.8) is 0 Å². The van der Waals surface area contributed by atoms with Gasteiger partial charge in [0.2, 0.25) is 0 Å². The lowest BCUT2D eigenvalue weighted by molar-refractivity contribution is -0.291. The van der Waals surface area contributed by atoms with Gasteiger partial charge in [-0.3, -0.25) is 0 Å². The van der Waals surface area contributed by atoms with Gasteiger partial charge in [-0.05, 0) is 45.4 Å². The van der Waals surface area contributed by atoms with E-state index in [-0.39, 0.29) is 5.79 Å². The lowest BCUT2D eigenvalue weighted by Crippen LogP contribution is -2.50. The molecule has 0 unspecified atom stereocenters. The van der Waals surface area contributed by atoms with E-state index in [1.807, 2.05) is 0 Å². The van der Waals surface area contributed by atoms with Crippen LogP contribution < -0.4 is 0 Å². The monoisotopic (exact) mass is 226 g/mol. The van der Waals surface area contributed by atoms with Gasteiger partial charge in [-0.1, -0.05) is 12.8 Å². The molecule has 0 aromatic carbocycles. The topological polar surface area (TPSA) is 18.5 Å². The highest BCUT2D eigenvalue weighted by Crippen LogP contribution is 2.48. The molecule has 0 aromatic rings. The van der Waals surface area contributed by atoms with Gasteiger partial charge in [0.25, 0.3) is 0 Å². The molecule has 0 aromatic heterocycles. The van der Waals surface area contributed by atoms with Crippen molar-refractivity contribution in [2.45, 2.75) is 64.6 Å². The molecule has 0 radical (unpaired) electrons. The molecule has 16 heavy (non-hydrogen) atoms. The Labute approximate surface area is 99.7 Å². The Bertz CT molecular complexity index is 201. The SMILES string of the molecule is CCOC1(OCC)CCC[C@H]2CCCC[C@H]21. The molecular formula is C14H26O2. The molecular weight excluding hydrogens is 200 g/mol. The summed E-state index contributed by atoms with van der Waals surface area (Å²) in [5, 5.41) is 0. The van der Waals surface area contributed by atoms with Crippen LogP contribution in [0.15, 0.2) is 0 Å². The van der Waals surface area contributed by atoms with Gasteiger partial charge in [0.15, 0.2) is 5.79 Å². The van der Waals surface area contributed by atoms with E-state index in [4.69, 9.17) is 9.47 Å². The maximum atomic E-state index is 6.06. The van der Waals surface area contributed by atoms with Gasteiger partial charge in [0.1, 0.15) is 0 Å². The zero-order valence-electron chi connectivity index (χ0n) is 10.8. The predicted molar refractivity (Wildman–Crippen MR) is 65.3 cm³/mol. The first-order valence-corrected chi connectivity index (χ1v) is 7.10. The maximum absolute atomic E-state index is 6.06. The zero-order chi connectivity index (χ0) is 11.4. The average molecular weight is 226 g/mol. The summed E-state index contributed by atoms with van der Waals surface area (Å²) in [6, 6.07) is 0. The van der Waals surface area contributed by atoms with Crippen molar-refractivity contribution in [3.05, 3.63) is 0 Å². The first-order chi connectivity index (χ1) is 7.82. The van der Waals surface area contributed by atoms with E-state index in [2.05, 4.69) is 13.8 Å². The van der Waals surface area contributed by atoms with E-state index in [1.54, 1.807) is 0 Å². The van der Waals surface area contributed by atoms with Crippen molar-refractivity contribution in [2.75, 3.05) is 13.2 Å². The Morgan fingerprint density at radius 3 is 2.25 bits per heavy atom. The van der Waals surface area contributed by atoms with E-state index in [9.17, 15) is 0 Å². The van der Waals surface area contributed by atoms with Gasteiger partial charge in [0, 0.05) is 25.6 Å². The van der Waals surface area contributed by atoms with Crippen LogP contribution in [0.4, 0.5) is 0 Å². The average Bonchev–Trinajstić information content (AvgIpc) is 2.30. The molecule has 2 rings (SSSR count). The van der Waals surface area contributed by atoms with Gasteiger partial charge >= 0.3 is 0 Å². The van der Waals surface area contributed by atoms with Gasteiger partial charge in [-0.2, -0.15) is 0 Å². The molecule has 2 aliphatic carbocycles. The van der Waals surface area contributed by atoms with E-state index in [1.165, 1.54) is 38.5 Å². The fourth-order valence-corrected chi connectivity index (χ4v) is 3.82. The molecule has 0 bridgehead atoms. The molecule has 0 spiro atoms. The standard InChI is InChI=1S/C14H26O2/c1-3-15-14(16-4-2)11-7-9-12-8-5-6-10-13(12)14/h12-13H,3-11H2,1-2H3/t12-,13-/m1/s1. The molecule has 2 aliphatic rings. The van der Waals surface area contributed by atoms with E-state index in [0.717, 1.165) is 25.6 Å². The highest BCUT2D eigenvalue weighted by Gasteiger charge is 2.47. The normalized spacial score (nSPS) is 33.4. The van der Waals surface area contributed by atoms with Crippen LogP contribution in [0.5, 0.6) is 0 Å². The molecule has 94 valence electrons. The van der Waals surface area contributed by atoms with Crippen LogP contribution in [0.3, 0.4) is 0 Å². The van der Waals surface area contributed by atoms with Crippen molar-refractivity contribution in [3.8, 4) is 0 Å². The molecule has 0 amide bonds. The summed E-state index contributed by atoms with van der Waals surface area (Å²) in [5.74, 6) is 1.29. The van der Waals surface area contributed by atoms with Crippen LogP contribution in [-0.2, 0) is 9.47 Å². The second kappa shape index (κ2) is 5.50. The predicted octanol–water partition coefficient (Wildman–Crippen LogP) is 3.75. The number of ether oxygens (including phenoxy) is 2. The first kappa shape index (κ1) is 12.4. The molecule has 2 saturated carbocycles. The third-order valence-corrected chi connectivity index (χ3v) is 4.35. The largest absolute Gasteiger partial charge is 0.350 e. The molecule has 2 atom stereocenters. The summed E-state index contributed by atoms with van der Waals surface area (Å²) in [5.41, 5.74) is 0. The van der Waals surface area contributed by atoms with Crippen LogP contribution in [0.1, 0.15) is 58.8 Å². The second-order valence-electron chi connectivity index (χ2n) is 5.22. The summed E-state index contributed by atoms with van der Waals surface area (Å²) in [6.07, 6.45) is 9.26. The van der Waals surface area contributed by atoms with Crippen LogP contribution in [0, 0.1) is 11.8 Å². The number of hydrogen-bond acceptors (Lipinski definition) is 2. The Morgan fingerprint density at radius 1 is 0.938 bits per heavy atom. The summed E-state index contributed by atoms with van der Waals surface area (Å²) in [4.78, 5) is 0. The molecule has 0 saturated heterocycles. The van der Waals surface area contributed by atoms with Crippen LogP contribution in [0.2, 0.25) is 0 Å². The molecule has 2 fully saturated rings. The maximum Gasteiger partial charge on any atom is 0.171 e. The number of hydrogen-bond donors (Lipinski definition) is 0. The third-order valence-electron chi connectivity index (χ3n) is 4.35. The molecule has 0 heterocycles. The van der Waals surface area contributed by atoms with Crippen LogP contribution in [0.25, 0.3) is 0 Å². The summed E-state index contributed by atoms with van der Waals surface area (Å²) in [6.45, 7) is 5.74. The summed E-state index contributed by atoms with van der Waals surface area (Å²) in [7, 11) is 0. The number of fused-ring (bicyclic) bond motifs is 1. The quantitative estimate of drug-likeness (QED) is 0.680. The lowest BCUT2D eigenvalue weighted by Gasteiger charge is -2.49. The highest BCUT2D eigenvalue weighted by molar-refractivity contribution is 4.91. The van der Waals surface area contributed by atoms with Crippen molar-refractivity contribution in [1.29, 1.82) is 0 Å². The smallest absolute Gasteiger partial charge is 0.171 e. The Kier molecular flexibility index (Phi) is 4.26. The van der Waals surface area contributed by atoms with Crippen molar-refractivity contribution in [2.24, 2.45) is 11.8 Å². The van der Waals surface area contributed by atoms with Crippen molar-refractivity contribution >= 4 is 0 Å². The zero-order valence-corrected chi connectivity index (χ0v) is 10.8. The molecule has 2 heteroatoms. The fourth-order valence-electron chi connectivity index (χ4n) is 3.82. The Morgan fingerprint density at radius 2 is 1.56 bits per heavy atom. The Balaban J connectivity index is 2.13. The van der Waals surface area contributed by atoms with Crippen LogP contribution in [-0.4, -0.2) is 19.0 Å². The van der Waals surface area contributed by atoms with Crippen LogP contribution >= 0.6 is 0 Å². The van der Waals surface area contributed by atoms with Gasteiger partial charge in [-0.25, -0.2) is 0 Å². The number of rotatable bonds is 4. The third kappa shape index (κ3) is 2.28. The second-order valence-corrected chi connectivity index (χ2v) is 5.22. The minimum Gasteiger partial charge on any atom is -0.350 e. The van der Waals surface area contributed by atoms with Crippen molar-refractivity contribution in [1.82, 2.24) is 0 Å². The molecule has 0 aliphatic heterocycles. The van der Waals surface area contributed by atoms with E-state index >= 15 is 0 Å². The van der Waals surface area contributed by atoms with E-state index in [0.29, 0.717) is 5.92 Å². The van der Waals surface area contributed by atoms with Gasteiger partial charge in [-0.15, -0.1) is 0 Å². The van der Waals surface area contributed by atoms with Crippen molar-refractivity contribution < 1.29 is 9.47 Å². The summed E-state index contributed by atoms with van der Waals surface area (Å²) < 4.78 is 12.1. The fraction of sp³-hybridized carbons (Fsp3) is 1.00. The first-order valence-electron chi connectivity index (χ1n) is 7.10. The Hall–Kier alpha value is -0.0800. The minimum absolute atomic E-state index is 0.229. The van der Waals surface area contributed by atoms with Gasteiger partial charge in [0.05, 0.1) is 0 Å². The molecule has 2 nitrogen and oxygen atoms in total. The minimum atomic E-state index is -0.229.